The van der Waals surface area contributed by atoms with Crippen molar-refractivity contribution in [1.82, 2.24) is 5.32 Å². The Labute approximate surface area is 286 Å². The first-order valence-electron chi connectivity index (χ1n) is 15.7. The van der Waals surface area contributed by atoms with E-state index < -0.39 is 10.0 Å². The summed E-state index contributed by atoms with van der Waals surface area (Å²) in [5, 5.41) is 22.8. The van der Waals surface area contributed by atoms with Crippen LogP contribution in [0.25, 0.3) is 0 Å². The first-order valence-corrected chi connectivity index (χ1v) is 18.9. The Kier molecular flexibility index (Phi) is 16.2. The minimum atomic E-state index is -0.786. The Bertz CT molecular complexity index is 1520. The number of fused-ring (bicyclic) bond motifs is 1. The number of nitrogens with zero attached hydrogens (tertiary/aromatic N) is 2. The number of carbonyl (C=O) groups is 2. The van der Waals surface area contributed by atoms with Crippen molar-refractivity contribution in [3.8, 4) is 5.75 Å². The average molecular weight is 681 g/mol. The summed E-state index contributed by atoms with van der Waals surface area (Å²) in [6.07, 6.45) is 9.28. The highest BCUT2D eigenvalue weighted by Gasteiger charge is 2.25. The molecule has 254 valence electrons. The highest BCUT2D eigenvalue weighted by atomic mass is 35.5. The lowest BCUT2D eigenvalue weighted by Crippen LogP contribution is -2.35. The van der Waals surface area contributed by atoms with Crippen LogP contribution in [0.2, 0.25) is 5.02 Å². The highest BCUT2D eigenvalue weighted by Crippen LogP contribution is 2.45. The standard InChI is InChI=1S/C31H36ClN5O2S.C3H7NO.C2H6/c1-21(33)37-28-17-14-25(19-27(28)31(35-20-29(37)34)22-8-10-23(32)11-9-22)39-18-6-5-7-30(38)36-24-12-15-26(16-13-24)40(2,3)4;1-2-4-3-5;1-2/h8-17,19,33-34H,5-7,18,20H2,1-4H3,(H,36,38);3H,2H2,1H3,(H,4,5);1-2H3. The van der Waals surface area contributed by atoms with Crippen LogP contribution in [-0.4, -0.2) is 68.2 Å². The number of rotatable bonds is 11. The number of aliphatic imine (C=N–C) groups is 1. The zero-order valence-corrected chi connectivity index (χ0v) is 30.1. The third-order valence-corrected chi connectivity index (χ3v) is 8.71. The van der Waals surface area contributed by atoms with Crippen LogP contribution in [0.5, 0.6) is 5.75 Å². The number of carbonyl (C=O) groups excluding carboxylic acids is 2. The fraction of sp³-hybridized carbons (Fsp3) is 0.361. The van der Waals surface area contributed by atoms with E-state index in [4.69, 9.17) is 32.1 Å². The van der Waals surface area contributed by atoms with Crippen molar-refractivity contribution in [2.45, 2.75) is 51.9 Å². The summed E-state index contributed by atoms with van der Waals surface area (Å²) >= 11 is 6.10. The summed E-state index contributed by atoms with van der Waals surface area (Å²) in [5.74, 6) is 1.14. The number of benzene rings is 3. The van der Waals surface area contributed by atoms with E-state index in [9.17, 15) is 9.59 Å². The lowest BCUT2D eigenvalue weighted by atomic mass is 9.99. The van der Waals surface area contributed by atoms with Crippen molar-refractivity contribution in [1.29, 1.82) is 10.8 Å². The maximum Gasteiger partial charge on any atom is 0.224 e. The van der Waals surface area contributed by atoms with Gasteiger partial charge in [-0.1, -0.05) is 37.6 Å². The fourth-order valence-corrected chi connectivity index (χ4v) is 5.59. The van der Waals surface area contributed by atoms with Crippen molar-refractivity contribution in [2.75, 3.05) is 48.7 Å². The van der Waals surface area contributed by atoms with Gasteiger partial charge in [-0.2, -0.15) is 0 Å². The van der Waals surface area contributed by atoms with Gasteiger partial charge in [0.15, 0.2) is 0 Å². The number of hydrogen-bond acceptors (Lipinski definition) is 6. The van der Waals surface area contributed by atoms with Crippen LogP contribution in [0.4, 0.5) is 11.4 Å². The van der Waals surface area contributed by atoms with Crippen LogP contribution in [0.15, 0.2) is 76.6 Å². The fourth-order valence-electron chi connectivity index (χ4n) is 4.51. The van der Waals surface area contributed by atoms with Crippen molar-refractivity contribution in [3.63, 3.8) is 0 Å². The van der Waals surface area contributed by atoms with Gasteiger partial charge in [0.1, 0.15) is 17.4 Å². The molecule has 0 bridgehead atoms. The second-order valence-corrected chi connectivity index (χ2v) is 15.7. The van der Waals surface area contributed by atoms with Crippen molar-refractivity contribution in [2.24, 2.45) is 4.99 Å². The molecule has 2 amide bonds. The molecule has 0 radical (unpaired) electrons. The number of halogens is 1. The van der Waals surface area contributed by atoms with E-state index in [-0.39, 0.29) is 24.1 Å². The molecule has 1 heterocycles. The second kappa shape index (κ2) is 19.5. The molecule has 0 saturated heterocycles. The number of ether oxygens (including phenoxy) is 1. The van der Waals surface area contributed by atoms with Gasteiger partial charge in [0.05, 0.1) is 24.6 Å². The van der Waals surface area contributed by atoms with E-state index in [1.54, 1.807) is 11.8 Å². The Morgan fingerprint density at radius 2 is 1.70 bits per heavy atom. The molecule has 0 spiro atoms. The van der Waals surface area contributed by atoms with E-state index in [0.29, 0.717) is 42.3 Å². The Balaban J connectivity index is 0.00000100. The zero-order valence-electron chi connectivity index (χ0n) is 28.6. The molecule has 4 N–H and O–H groups in total. The molecular weight excluding hydrogens is 632 g/mol. The molecule has 4 rings (SSSR count). The molecule has 0 unspecified atom stereocenters. The predicted molar refractivity (Wildman–Crippen MR) is 201 cm³/mol. The number of amidine groups is 2. The van der Waals surface area contributed by atoms with Gasteiger partial charge in [-0.3, -0.25) is 30.3 Å². The molecule has 1 aliphatic heterocycles. The number of amides is 2. The van der Waals surface area contributed by atoms with Gasteiger partial charge < -0.3 is 15.4 Å². The first-order chi connectivity index (χ1) is 22.4. The molecule has 3 aromatic rings. The van der Waals surface area contributed by atoms with Crippen LogP contribution in [0.1, 0.15) is 58.1 Å². The monoisotopic (exact) mass is 680 g/mol. The lowest BCUT2D eigenvalue weighted by molar-refractivity contribution is -0.116. The Hall–Kier alpha value is -4.15. The summed E-state index contributed by atoms with van der Waals surface area (Å²) in [6.45, 7) is 8.88. The minimum Gasteiger partial charge on any atom is -0.494 e. The van der Waals surface area contributed by atoms with Crippen molar-refractivity contribution < 1.29 is 14.3 Å². The maximum atomic E-state index is 12.4. The first kappa shape index (κ1) is 39.0. The quantitative estimate of drug-likeness (QED) is 0.0708. The molecule has 1 aliphatic rings. The molecule has 9 nitrogen and oxygen atoms in total. The van der Waals surface area contributed by atoms with Crippen LogP contribution in [-0.2, 0) is 9.59 Å². The van der Waals surface area contributed by atoms with Gasteiger partial charge in [0.25, 0.3) is 0 Å². The number of nitrogens with one attached hydrogen (secondary N) is 4. The maximum absolute atomic E-state index is 12.4. The van der Waals surface area contributed by atoms with E-state index in [1.807, 2.05) is 75.4 Å². The predicted octanol–water partition coefficient (Wildman–Crippen LogP) is 7.99. The number of anilines is 2. The van der Waals surface area contributed by atoms with E-state index >= 15 is 0 Å². The second-order valence-electron chi connectivity index (χ2n) is 11.1. The topological polar surface area (TPSA) is 131 Å². The number of unbranched alkanes of at least 4 members (excludes halogenated alkanes) is 1. The van der Waals surface area contributed by atoms with Crippen LogP contribution in [0, 0.1) is 10.8 Å². The molecule has 3 aromatic carbocycles. The summed E-state index contributed by atoms with van der Waals surface area (Å²) < 4.78 is 6.05. The molecule has 0 aliphatic carbocycles. The van der Waals surface area contributed by atoms with E-state index in [0.717, 1.165) is 35.5 Å². The van der Waals surface area contributed by atoms with Gasteiger partial charge >= 0.3 is 0 Å². The number of benzodiazepines with no additional fused rings is 1. The van der Waals surface area contributed by atoms with Gasteiger partial charge in [-0.25, -0.2) is 10.0 Å². The third-order valence-electron chi connectivity index (χ3n) is 6.77. The lowest BCUT2D eigenvalue weighted by Gasteiger charge is -2.25. The molecular formula is C36H49ClN6O3S. The minimum absolute atomic E-state index is 0.00532. The molecule has 0 saturated carbocycles. The largest absolute Gasteiger partial charge is 0.494 e. The van der Waals surface area contributed by atoms with Gasteiger partial charge in [0.2, 0.25) is 12.3 Å². The number of hydrogen-bond donors (Lipinski definition) is 4. The van der Waals surface area contributed by atoms with Gasteiger partial charge in [-0.15, -0.1) is 0 Å². The zero-order chi connectivity index (χ0) is 35.0. The van der Waals surface area contributed by atoms with Crippen LogP contribution in [0.3, 0.4) is 0 Å². The highest BCUT2D eigenvalue weighted by molar-refractivity contribution is 8.32. The molecule has 11 heteroatoms. The van der Waals surface area contributed by atoms with E-state index in [1.165, 1.54) is 4.90 Å². The Morgan fingerprint density at radius 1 is 1.04 bits per heavy atom. The van der Waals surface area contributed by atoms with E-state index in [2.05, 4.69) is 41.5 Å². The van der Waals surface area contributed by atoms with Crippen molar-refractivity contribution in [3.05, 3.63) is 82.9 Å². The average Bonchev–Trinajstić information content (AvgIpc) is 3.18. The van der Waals surface area contributed by atoms with Gasteiger partial charge in [0, 0.05) is 34.8 Å². The Morgan fingerprint density at radius 3 is 2.26 bits per heavy atom. The smallest absolute Gasteiger partial charge is 0.224 e. The summed E-state index contributed by atoms with van der Waals surface area (Å²) in [5.41, 5.74) is 3.91. The van der Waals surface area contributed by atoms with Crippen LogP contribution < -0.4 is 20.3 Å². The van der Waals surface area contributed by atoms with Crippen LogP contribution >= 0.6 is 21.6 Å². The van der Waals surface area contributed by atoms with Gasteiger partial charge in [-0.05, 0) is 105 Å². The molecule has 0 atom stereocenters. The summed E-state index contributed by atoms with van der Waals surface area (Å²) in [7, 11) is -0.786. The molecule has 0 fully saturated rings. The van der Waals surface area contributed by atoms with Crippen molar-refractivity contribution >= 4 is 62.7 Å². The normalized spacial score (nSPS) is 12.5. The summed E-state index contributed by atoms with van der Waals surface area (Å²) in [4.78, 5) is 29.3. The SMILES string of the molecule is CC.CC(=N)N1C(=N)CN=C(c2ccc(Cl)cc2)c2cc(OCCCCC(=O)Nc3ccc(S(C)(C)C)cc3)ccc21.CCNC=O. The molecule has 47 heavy (non-hydrogen) atoms. The molecule has 0 aromatic heterocycles. The third kappa shape index (κ3) is 12.2. The summed E-state index contributed by atoms with van der Waals surface area (Å²) in [6, 6.07) is 21.2.